The number of aryl methyl sites for hydroxylation is 1. The van der Waals surface area contributed by atoms with Crippen molar-refractivity contribution in [3.05, 3.63) is 64.1 Å². The van der Waals surface area contributed by atoms with E-state index in [1.54, 1.807) is 0 Å². The first-order valence-corrected chi connectivity index (χ1v) is 9.09. The summed E-state index contributed by atoms with van der Waals surface area (Å²) in [6.45, 7) is 7.94. The van der Waals surface area contributed by atoms with Crippen molar-refractivity contribution < 1.29 is 4.79 Å². The van der Waals surface area contributed by atoms with E-state index < -0.39 is 0 Å². The van der Waals surface area contributed by atoms with Gasteiger partial charge in [-0.25, -0.2) is 0 Å². The summed E-state index contributed by atoms with van der Waals surface area (Å²) in [6, 6.07) is 16.7. The van der Waals surface area contributed by atoms with Crippen molar-refractivity contribution in [3.63, 3.8) is 0 Å². The predicted molar refractivity (Wildman–Crippen MR) is 104 cm³/mol. The molecule has 0 aromatic heterocycles. The van der Waals surface area contributed by atoms with Gasteiger partial charge in [0.15, 0.2) is 0 Å². The first kappa shape index (κ1) is 18.7. The molecule has 128 valence electrons. The molecular weight excluding hydrogens is 364 g/mol. The van der Waals surface area contributed by atoms with Crippen LogP contribution in [-0.4, -0.2) is 23.4 Å². The highest BCUT2D eigenvalue weighted by atomic mass is 79.9. The zero-order valence-electron chi connectivity index (χ0n) is 14.6. The summed E-state index contributed by atoms with van der Waals surface area (Å²) < 4.78 is 1.02. The highest BCUT2D eigenvalue weighted by Crippen LogP contribution is 2.20. The number of amides is 1. The van der Waals surface area contributed by atoms with E-state index in [0.29, 0.717) is 12.5 Å². The Morgan fingerprint density at radius 1 is 1.17 bits per heavy atom. The lowest BCUT2D eigenvalue weighted by Crippen LogP contribution is -2.33. The summed E-state index contributed by atoms with van der Waals surface area (Å²) in [5.74, 6) is 0.0548. The van der Waals surface area contributed by atoms with Gasteiger partial charge in [-0.05, 0) is 50.1 Å². The number of hydrogen-bond acceptors (Lipinski definition) is 2. The van der Waals surface area contributed by atoms with Crippen LogP contribution in [0.3, 0.4) is 0 Å². The summed E-state index contributed by atoms with van der Waals surface area (Å²) in [5, 5.41) is 3.01. The molecule has 2 aromatic carbocycles. The number of halogens is 1. The lowest BCUT2D eigenvalue weighted by molar-refractivity contribution is -0.116. The summed E-state index contributed by atoms with van der Waals surface area (Å²) in [5.41, 5.74) is 3.21. The molecule has 0 saturated carbocycles. The highest BCUT2D eigenvalue weighted by Gasteiger charge is 2.13. The Bertz CT molecular complexity index is 671. The highest BCUT2D eigenvalue weighted by molar-refractivity contribution is 9.10. The predicted octanol–water partition coefficient (Wildman–Crippen LogP) is 5.00. The minimum atomic E-state index is 0.0548. The van der Waals surface area contributed by atoms with E-state index in [9.17, 15) is 4.79 Å². The van der Waals surface area contributed by atoms with Gasteiger partial charge in [-0.3, -0.25) is 9.69 Å². The number of hydrogen-bond donors (Lipinski definition) is 1. The minimum Gasteiger partial charge on any atom is -0.326 e. The summed E-state index contributed by atoms with van der Waals surface area (Å²) >= 11 is 3.44. The molecular formula is C20H25BrN2O. The Hall–Kier alpha value is -1.65. The molecule has 1 amide bonds. The minimum absolute atomic E-state index is 0.0548. The summed E-state index contributed by atoms with van der Waals surface area (Å²) in [4.78, 5) is 14.6. The van der Waals surface area contributed by atoms with Crippen molar-refractivity contribution in [2.24, 2.45) is 0 Å². The number of carbonyl (C=O) groups is 1. The third-order valence-electron chi connectivity index (χ3n) is 4.05. The molecule has 1 N–H and O–H groups in total. The molecule has 0 aliphatic heterocycles. The molecule has 0 heterocycles. The number of nitrogens with one attached hydrogen (secondary N) is 1. The fourth-order valence-corrected chi connectivity index (χ4v) is 3.04. The second-order valence-corrected chi connectivity index (χ2v) is 7.22. The van der Waals surface area contributed by atoms with E-state index in [-0.39, 0.29) is 5.91 Å². The van der Waals surface area contributed by atoms with Gasteiger partial charge in [0.2, 0.25) is 5.91 Å². The average Bonchev–Trinajstić information content (AvgIpc) is 2.55. The molecule has 0 radical (unpaired) electrons. The second-order valence-electron chi connectivity index (χ2n) is 6.31. The zero-order chi connectivity index (χ0) is 17.5. The van der Waals surface area contributed by atoms with Crippen molar-refractivity contribution in [3.8, 4) is 0 Å². The van der Waals surface area contributed by atoms with Crippen molar-refractivity contribution in [1.29, 1.82) is 0 Å². The quantitative estimate of drug-likeness (QED) is 0.723. The molecule has 0 spiro atoms. The van der Waals surface area contributed by atoms with Crippen LogP contribution in [-0.2, 0) is 11.3 Å². The maximum Gasteiger partial charge on any atom is 0.225 e. The molecule has 24 heavy (non-hydrogen) atoms. The molecule has 0 fully saturated rings. The normalized spacial score (nSPS) is 11.1. The molecule has 0 aliphatic carbocycles. The molecule has 0 saturated heterocycles. The van der Waals surface area contributed by atoms with Gasteiger partial charge >= 0.3 is 0 Å². The van der Waals surface area contributed by atoms with Crippen LogP contribution in [0.5, 0.6) is 0 Å². The number of rotatable bonds is 7. The van der Waals surface area contributed by atoms with Gasteiger partial charge in [-0.15, -0.1) is 0 Å². The molecule has 2 rings (SSSR count). The second kappa shape index (κ2) is 9.00. The van der Waals surface area contributed by atoms with Crippen LogP contribution < -0.4 is 5.32 Å². The van der Waals surface area contributed by atoms with E-state index in [0.717, 1.165) is 28.8 Å². The molecule has 3 nitrogen and oxygen atoms in total. The fraction of sp³-hybridized carbons (Fsp3) is 0.350. The molecule has 2 aromatic rings. The van der Waals surface area contributed by atoms with E-state index in [1.165, 1.54) is 5.56 Å². The number of anilines is 1. The maximum atomic E-state index is 12.3. The third kappa shape index (κ3) is 5.77. The Morgan fingerprint density at radius 2 is 1.88 bits per heavy atom. The topological polar surface area (TPSA) is 32.3 Å². The fourth-order valence-electron chi connectivity index (χ4n) is 2.56. The van der Waals surface area contributed by atoms with Crippen LogP contribution in [0, 0.1) is 6.92 Å². The number of carbonyl (C=O) groups excluding carboxylic acids is 1. The zero-order valence-corrected chi connectivity index (χ0v) is 16.1. The summed E-state index contributed by atoms with van der Waals surface area (Å²) in [7, 11) is 0. The smallest absolute Gasteiger partial charge is 0.225 e. The van der Waals surface area contributed by atoms with Gasteiger partial charge in [-0.1, -0.05) is 46.3 Å². The van der Waals surface area contributed by atoms with Crippen LogP contribution in [0.15, 0.2) is 53.0 Å². The van der Waals surface area contributed by atoms with Crippen LogP contribution in [0.25, 0.3) is 0 Å². The van der Waals surface area contributed by atoms with Gasteiger partial charge in [0.25, 0.3) is 0 Å². The molecule has 0 aliphatic rings. The van der Waals surface area contributed by atoms with Crippen LogP contribution in [0.1, 0.15) is 31.4 Å². The Kier molecular flexibility index (Phi) is 7.00. The standard InChI is InChI=1S/C20H25BrN2O/c1-15(2)23(14-17-7-5-4-6-8-17)12-11-20(24)22-19-10-9-18(21)13-16(19)3/h4-10,13,15H,11-12,14H2,1-3H3,(H,22,24). The van der Waals surface area contributed by atoms with Gasteiger partial charge in [0.1, 0.15) is 0 Å². The van der Waals surface area contributed by atoms with Gasteiger partial charge in [0.05, 0.1) is 0 Å². The third-order valence-corrected chi connectivity index (χ3v) is 4.54. The molecule has 4 heteroatoms. The number of benzene rings is 2. The van der Waals surface area contributed by atoms with E-state index in [1.807, 2.05) is 31.2 Å². The first-order valence-electron chi connectivity index (χ1n) is 8.29. The van der Waals surface area contributed by atoms with E-state index in [4.69, 9.17) is 0 Å². The largest absolute Gasteiger partial charge is 0.326 e. The van der Waals surface area contributed by atoms with Crippen molar-refractivity contribution >= 4 is 27.5 Å². The van der Waals surface area contributed by atoms with E-state index in [2.05, 4.69) is 64.3 Å². The Balaban J connectivity index is 1.90. The van der Waals surface area contributed by atoms with Crippen molar-refractivity contribution in [2.45, 2.75) is 39.8 Å². The Morgan fingerprint density at radius 3 is 2.50 bits per heavy atom. The molecule has 0 bridgehead atoms. The lowest BCUT2D eigenvalue weighted by Gasteiger charge is -2.26. The van der Waals surface area contributed by atoms with Gasteiger partial charge in [-0.2, -0.15) is 0 Å². The van der Waals surface area contributed by atoms with Crippen molar-refractivity contribution in [1.82, 2.24) is 4.90 Å². The van der Waals surface area contributed by atoms with Crippen molar-refractivity contribution in [2.75, 3.05) is 11.9 Å². The molecule has 0 atom stereocenters. The van der Waals surface area contributed by atoms with Gasteiger partial charge in [0, 0.05) is 35.7 Å². The van der Waals surface area contributed by atoms with Crippen LogP contribution in [0.4, 0.5) is 5.69 Å². The van der Waals surface area contributed by atoms with Crippen LogP contribution >= 0.6 is 15.9 Å². The molecule has 0 unspecified atom stereocenters. The number of nitrogens with zero attached hydrogens (tertiary/aromatic N) is 1. The van der Waals surface area contributed by atoms with E-state index >= 15 is 0 Å². The first-order chi connectivity index (χ1) is 11.5. The monoisotopic (exact) mass is 388 g/mol. The van der Waals surface area contributed by atoms with Crippen LogP contribution in [0.2, 0.25) is 0 Å². The maximum absolute atomic E-state index is 12.3. The Labute approximate surface area is 153 Å². The van der Waals surface area contributed by atoms with Gasteiger partial charge < -0.3 is 5.32 Å². The summed E-state index contributed by atoms with van der Waals surface area (Å²) in [6.07, 6.45) is 0.487. The SMILES string of the molecule is Cc1cc(Br)ccc1NC(=O)CCN(Cc1ccccc1)C(C)C. The lowest BCUT2D eigenvalue weighted by atomic mass is 10.1. The average molecular weight is 389 g/mol.